The number of hydrogen-bond donors (Lipinski definition) is 1. The van der Waals surface area contributed by atoms with Crippen LogP contribution in [0.25, 0.3) is 0 Å². The number of nitrogens with one attached hydrogen (secondary N) is 1. The maximum Gasteiger partial charge on any atom is 0.406 e. The number of alkyl halides is 3. The maximum absolute atomic E-state index is 12.9. The Bertz CT molecular complexity index is 1640. The van der Waals surface area contributed by atoms with Crippen molar-refractivity contribution >= 4 is 32.2 Å². The topological polar surface area (TPSA) is 101 Å². The van der Waals surface area contributed by atoms with E-state index in [2.05, 4.69) is 10.2 Å². The molecule has 43 heavy (non-hydrogen) atoms. The predicted molar refractivity (Wildman–Crippen MR) is 158 cm³/mol. The van der Waals surface area contributed by atoms with Crippen molar-refractivity contribution in [2.75, 3.05) is 5.32 Å². The summed E-state index contributed by atoms with van der Waals surface area (Å²) in [5, 5.41) is 2.92. The first-order chi connectivity index (χ1) is 20.2. The van der Waals surface area contributed by atoms with Gasteiger partial charge in [-0.1, -0.05) is 32.4 Å². The number of carbonyl (C=O) groups is 1. The number of fused-ring (bicyclic) bond motifs is 1. The van der Waals surface area contributed by atoms with Crippen molar-refractivity contribution in [1.29, 1.82) is 0 Å². The molecule has 1 N–H and O–H groups in total. The smallest absolute Gasteiger partial charge is 0.306 e. The number of sulfone groups is 1. The van der Waals surface area contributed by atoms with Crippen LogP contribution in [0.5, 0.6) is 0 Å². The van der Waals surface area contributed by atoms with Gasteiger partial charge in [-0.25, -0.2) is 13.4 Å². The number of nitrogens with zero attached hydrogens (tertiary/aromatic N) is 3. The van der Waals surface area contributed by atoms with Crippen LogP contribution < -0.4 is 10.9 Å². The van der Waals surface area contributed by atoms with E-state index in [-0.39, 0.29) is 35.1 Å². The molecule has 3 heterocycles. The van der Waals surface area contributed by atoms with Crippen molar-refractivity contribution in [3.63, 3.8) is 0 Å². The van der Waals surface area contributed by atoms with Crippen LogP contribution in [0.3, 0.4) is 0 Å². The van der Waals surface area contributed by atoms with Gasteiger partial charge in [0.2, 0.25) is 5.91 Å². The van der Waals surface area contributed by atoms with Gasteiger partial charge in [0.15, 0.2) is 15.0 Å². The van der Waals surface area contributed by atoms with Gasteiger partial charge in [-0.2, -0.15) is 13.2 Å². The van der Waals surface area contributed by atoms with Gasteiger partial charge in [0.25, 0.3) is 5.56 Å². The lowest BCUT2D eigenvalue weighted by molar-refractivity contribution is -0.141. The van der Waals surface area contributed by atoms with Crippen LogP contribution in [0.15, 0.2) is 52.3 Å². The zero-order valence-electron chi connectivity index (χ0n) is 24.2. The minimum Gasteiger partial charge on any atom is -0.306 e. The normalized spacial score (nSPS) is 18.4. The summed E-state index contributed by atoms with van der Waals surface area (Å²) in [6, 6.07) is 9.19. The first-order valence-corrected chi connectivity index (χ1v) is 16.7. The number of carbonyl (C=O) groups excluding carboxylic acids is 1. The molecule has 1 aromatic carbocycles. The third-order valence-electron chi connectivity index (χ3n) is 8.34. The van der Waals surface area contributed by atoms with Crippen LogP contribution in [0.2, 0.25) is 0 Å². The maximum atomic E-state index is 12.9. The van der Waals surface area contributed by atoms with Gasteiger partial charge in [0.1, 0.15) is 6.54 Å². The summed E-state index contributed by atoms with van der Waals surface area (Å²) >= 11 is 1.37. The van der Waals surface area contributed by atoms with Crippen molar-refractivity contribution in [3.05, 3.63) is 74.6 Å². The van der Waals surface area contributed by atoms with E-state index >= 15 is 0 Å². The largest absolute Gasteiger partial charge is 0.406 e. The Hall–Kier alpha value is -3.03. The van der Waals surface area contributed by atoms with E-state index in [1.54, 1.807) is 31.2 Å². The first-order valence-electron chi connectivity index (χ1n) is 14.3. The Morgan fingerprint density at radius 3 is 2.40 bits per heavy atom. The second kappa shape index (κ2) is 12.2. The average molecular weight is 637 g/mol. The minimum atomic E-state index is -4.47. The third-order valence-corrected chi connectivity index (χ3v) is 11.6. The highest BCUT2D eigenvalue weighted by Gasteiger charge is 2.37. The molecule has 5 rings (SSSR count). The van der Waals surface area contributed by atoms with E-state index in [1.165, 1.54) is 29.7 Å². The van der Waals surface area contributed by atoms with E-state index in [0.29, 0.717) is 33.9 Å². The molecule has 13 heteroatoms. The number of anilines is 1. The molecule has 0 bridgehead atoms. The Kier molecular flexibility index (Phi) is 8.88. The third kappa shape index (κ3) is 7.04. The molecule has 1 fully saturated rings. The zero-order valence-corrected chi connectivity index (χ0v) is 25.9. The van der Waals surface area contributed by atoms with Gasteiger partial charge in [-0.05, 0) is 60.9 Å². The average Bonchev–Trinajstić information content (AvgIpc) is 3.40. The lowest BCUT2D eigenvalue weighted by Gasteiger charge is -2.31. The Balaban J connectivity index is 1.21. The second-order valence-corrected chi connectivity index (χ2v) is 15.2. The van der Waals surface area contributed by atoms with Crippen LogP contribution in [-0.4, -0.2) is 40.2 Å². The molecule has 8 nitrogen and oxygen atoms in total. The van der Waals surface area contributed by atoms with E-state index in [0.717, 1.165) is 29.8 Å². The fraction of sp³-hybridized carbons (Fsp3) is 0.500. The molecular weight excluding hydrogens is 601 g/mol. The molecule has 1 aliphatic heterocycles. The van der Waals surface area contributed by atoms with Gasteiger partial charge in [0.05, 0.1) is 28.3 Å². The molecule has 3 aromatic rings. The molecule has 0 radical (unpaired) electrons. The van der Waals surface area contributed by atoms with Crippen LogP contribution in [-0.2, 0) is 40.7 Å². The number of amides is 1. The van der Waals surface area contributed by atoms with E-state index in [4.69, 9.17) is 4.98 Å². The Morgan fingerprint density at radius 2 is 1.81 bits per heavy atom. The predicted octanol–water partition coefficient (Wildman–Crippen LogP) is 5.72. The molecule has 2 atom stereocenters. The highest BCUT2D eigenvalue weighted by Crippen LogP contribution is 2.43. The summed E-state index contributed by atoms with van der Waals surface area (Å²) in [5.41, 5.74) is 1.46. The SMILES string of the molecule is CC(C)[C@H]1c2nc(NC(=O)Cc3ccc(S(=O)(=O)C(C)C4CCC4)cc3)sc2CN1Cc1ccn(CC(F)(F)F)c(=O)c1. The molecule has 0 spiro atoms. The number of halogens is 3. The van der Waals surface area contributed by atoms with E-state index < -0.39 is 33.4 Å². The van der Waals surface area contributed by atoms with E-state index in [1.807, 2.05) is 13.8 Å². The summed E-state index contributed by atoms with van der Waals surface area (Å²) in [7, 11) is -3.41. The zero-order chi connectivity index (χ0) is 31.1. The summed E-state index contributed by atoms with van der Waals surface area (Å²) in [4.78, 5) is 33.2. The summed E-state index contributed by atoms with van der Waals surface area (Å²) < 4.78 is 64.7. The standard InChI is InChI=1S/C30H35F3N4O4S2/c1-18(2)28-27-24(16-37(28)15-21-11-12-36(26(39)14-21)17-30(31,32)33)42-29(35-27)34-25(38)13-20-7-9-23(10-8-20)43(40,41)19(3)22-5-4-6-22/h7-12,14,18-19,22,28H,4-6,13,15-17H2,1-3H3,(H,34,35,38)/t19?,28-/m0/s1. The van der Waals surface area contributed by atoms with Crippen molar-refractivity contribution in [2.24, 2.45) is 11.8 Å². The highest BCUT2D eigenvalue weighted by molar-refractivity contribution is 7.92. The summed E-state index contributed by atoms with van der Waals surface area (Å²) in [6.45, 7) is 5.45. The molecule has 2 aromatic heterocycles. The lowest BCUT2D eigenvalue weighted by atomic mass is 9.83. The summed E-state index contributed by atoms with van der Waals surface area (Å²) in [6.07, 6.45) is -0.267. The number of aromatic nitrogens is 2. The van der Waals surface area contributed by atoms with Crippen molar-refractivity contribution < 1.29 is 26.4 Å². The summed E-state index contributed by atoms with van der Waals surface area (Å²) in [5.74, 6) is 0.100. The van der Waals surface area contributed by atoms with Gasteiger partial charge in [-0.3, -0.25) is 14.5 Å². The number of benzene rings is 1. The monoisotopic (exact) mass is 636 g/mol. The fourth-order valence-electron chi connectivity index (χ4n) is 5.84. The van der Waals surface area contributed by atoms with Gasteiger partial charge < -0.3 is 9.88 Å². The molecule has 0 saturated heterocycles. The Labute approximate surface area is 252 Å². The number of hydrogen-bond acceptors (Lipinski definition) is 7. The minimum absolute atomic E-state index is 0.0718. The fourth-order valence-corrected chi connectivity index (χ4v) is 8.60. The first kappa shape index (κ1) is 31.4. The van der Waals surface area contributed by atoms with Crippen LogP contribution >= 0.6 is 11.3 Å². The van der Waals surface area contributed by atoms with Crippen molar-refractivity contribution in [2.45, 2.75) is 88.5 Å². The number of rotatable bonds is 10. The molecule has 1 saturated carbocycles. The van der Waals surface area contributed by atoms with Crippen LogP contribution in [0, 0.1) is 11.8 Å². The second-order valence-electron chi connectivity index (χ2n) is 11.8. The molecule has 1 amide bonds. The molecule has 2 aliphatic rings. The number of thiazole rings is 1. The van der Waals surface area contributed by atoms with Crippen LogP contribution in [0.4, 0.5) is 18.3 Å². The molecular formula is C30H35F3N4O4S2. The Morgan fingerprint density at radius 1 is 1.12 bits per heavy atom. The van der Waals surface area contributed by atoms with Crippen LogP contribution in [0.1, 0.15) is 67.8 Å². The highest BCUT2D eigenvalue weighted by atomic mass is 32.2. The van der Waals surface area contributed by atoms with Crippen molar-refractivity contribution in [3.8, 4) is 0 Å². The molecule has 1 aliphatic carbocycles. The van der Waals surface area contributed by atoms with Gasteiger partial charge >= 0.3 is 6.18 Å². The van der Waals surface area contributed by atoms with E-state index in [9.17, 15) is 31.2 Å². The lowest BCUT2D eigenvalue weighted by Crippen LogP contribution is -2.31. The van der Waals surface area contributed by atoms with Gasteiger partial charge in [0, 0.05) is 30.2 Å². The molecule has 1 unspecified atom stereocenters. The molecule has 232 valence electrons. The number of pyridine rings is 1. The quantitative estimate of drug-likeness (QED) is 0.306. The van der Waals surface area contributed by atoms with Crippen molar-refractivity contribution in [1.82, 2.24) is 14.5 Å². The van der Waals surface area contributed by atoms with Gasteiger partial charge in [-0.15, -0.1) is 11.3 Å².